The second-order valence-corrected chi connectivity index (χ2v) is 8.75. The lowest BCUT2D eigenvalue weighted by molar-refractivity contribution is -0.117. The van der Waals surface area contributed by atoms with E-state index in [1.54, 1.807) is 0 Å². The van der Waals surface area contributed by atoms with Gasteiger partial charge in [0, 0.05) is 18.7 Å². The fraction of sp³-hybridized carbons (Fsp3) is 0.348. The largest absolute Gasteiger partial charge is 0.416 e. The van der Waals surface area contributed by atoms with Gasteiger partial charge in [0.2, 0.25) is 11.8 Å². The monoisotopic (exact) mass is 407 g/mol. The molecule has 150 valence electrons. The number of carbonyl (C=O) groups is 1. The number of fused-ring (bicyclic) bond motifs is 1. The molecule has 0 aliphatic carbocycles. The highest BCUT2D eigenvalue weighted by Gasteiger charge is 2.28. The standard InChI is InChI=1S/C23H25N3O2S/c1-16(18-9-4-3-5-10-18)15-21-24-25-23(28-21)29-17(2)22(27)26-14-8-12-19-11-6-7-13-20(19)26/h3-7,9-11,13,16-17H,8,12,14-15H2,1-2H3. The van der Waals surface area contributed by atoms with Crippen molar-refractivity contribution in [3.05, 3.63) is 71.6 Å². The Morgan fingerprint density at radius 2 is 1.86 bits per heavy atom. The molecule has 0 N–H and O–H groups in total. The lowest BCUT2D eigenvalue weighted by atomic mass is 9.98. The number of thioether (sulfide) groups is 1. The van der Waals surface area contributed by atoms with E-state index in [2.05, 4.69) is 35.3 Å². The number of amides is 1. The number of benzene rings is 2. The molecule has 0 spiro atoms. The number of nitrogens with zero attached hydrogens (tertiary/aromatic N) is 3. The van der Waals surface area contributed by atoms with Crippen LogP contribution in [0.25, 0.3) is 0 Å². The van der Waals surface area contributed by atoms with Gasteiger partial charge in [-0.05, 0) is 42.9 Å². The highest BCUT2D eigenvalue weighted by molar-refractivity contribution is 8.00. The van der Waals surface area contributed by atoms with Crippen LogP contribution in [0.3, 0.4) is 0 Å². The van der Waals surface area contributed by atoms with Crippen LogP contribution >= 0.6 is 11.8 Å². The molecular formula is C23H25N3O2S. The molecule has 29 heavy (non-hydrogen) atoms. The maximum absolute atomic E-state index is 13.0. The first-order valence-corrected chi connectivity index (χ1v) is 10.9. The summed E-state index contributed by atoms with van der Waals surface area (Å²) in [7, 11) is 0. The van der Waals surface area contributed by atoms with Gasteiger partial charge in [-0.1, -0.05) is 67.2 Å². The van der Waals surface area contributed by atoms with Crippen molar-refractivity contribution in [2.45, 2.75) is 49.5 Å². The maximum atomic E-state index is 13.0. The van der Waals surface area contributed by atoms with E-state index in [1.165, 1.54) is 22.9 Å². The fourth-order valence-corrected chi connectivity index (χ4v) is 4.48. The first kappa shape index (κ1) is 19.7. The van der Waals surface area contributed by atoms with E-state index in [4.69, 9.17) is 4.42 Å². The average Bonchev–Trinajstić information content (AvgIpc) is 3.20. The minimum absolute atomic E-state index is 0.0829. The van der Waals surface area contributed by atoms with Crippen LogP contribution in [0.1, 0.15) is 43.2 Å². The topological polar surface area (TPSA) is 59.2 Å². The number of aromatic nitrogens is 2. The van der Waals surface area contributed by atoms with Crippen molar-refractivity contribution in [1.29, 1.82) is 0 Å². The molecule has 6 heteroatoms. The molecule has 0 radical (unpaired) electrons. The van der Waals surface area contributed by atoms with Gasteiger partial charge >= 0.3 is 0 Å². The molecule has 0 saturated heterocycles. The molecule has 4 rings (SSSR count). The molecule has 1 aliphatic heterocycles. The molecule has 2 heterocycles. The van der Waals surface area contributed by atoms with Crippen molar-refractivity contribution in [3.63, 3.8) is 0 Å². The summed E-state index contributed by atoms with van der Waals surface area (Å²) in [5, 5.41) is 8.49. The SMILES string of the molecule is CC(Sc1nnc(CC(C)c2ccccc2)o1)C(=O)N1CCCc2ccccc21. The predicted octanol–water partition coefficient (Wildman–Crippen LogP) is 4.88. The van der Waals surface area contributed by atoms with Gasteiger partial charge in [-0.2, -0.15) is 0 Å². The second kappa shape index (κ2) is 8.82. The molecule has 5 nitrogen and oxygen atoms in total. The Morgan fingerprint density at radius 3 is 2.69 bits per heavy atom. The van der Waals surface area contributed by atoms with Crippen LogP contribution in [0.5, 0.6) is 0 Å². The molecule has 1 aromatic heterocycles. The molecule has 2 atom stereocenters. The van der Waals surface area contributed by atoms with Crippen molar-refractivity contribution >= 4 is 23.4 Å². The normalized spacial score (nSPS) is 15.6. The lowest BCUT2D eigenvalue weighted by Gasteiger charge is -2.31. The van der Waals surface area contributed by atoms with Gasteiger partial charge in [-0.15, -0.1) is 10.2 Å². The second-order valence-electron chi connectivity index (χ2n) is 7.46. The van der Waals surface area contributed by atoms with Gasteiger partial charge in [0.25, 0.3) is 5.22 Å². The van der Waals surface area contributed by atoms with Gasteiger partial charge in [0.1, 0.15) is 0 Å². The van der Waals surface area contributed by atoms with Crippen LogP contribution in [-0.2, 0) is 17.6 Å². The molecule has 0 bridgehead atoms. The predicted molar refractivity (Wildman–Crippen MR) is 115 cm³/mol. The molecule has 2 aromatic carbocycles. The zero-order chi connectivity index (χ0) is 20.2. The summed E-state index contributed by atoms with van der Waals surface area (Å²) in [6, 6.07) is 18.4. The number of carbonyl (C=O) groups excluding carboxylic acids is 1. The molecule has 1 aliphatic rings. The quantitative estimate of drug-likeness (QED) is 0.545. The van der Waals surface area contributed by atoms with Crippen LogP contribution in [0.15, 0.2) is 64.2 Å². The van der Waals surface area contributed by atoms with Crippen molar-refractivity contribution in [3.8, 4) is 0 Å². The van der Waals surface area contributed by atoms with Crippen molar-refractivity contribution < 1.29 is 9.21 Å². The Kier molecular flexibility index (Phi) is 6.00. The van der Waals surface area contributed by atoms with E-state index < -0.39 is 0 Å². The van der Waals surface area contributed by atoms with Crippen molar-refractivity contribution in [2.24, 2.45) is 0 Å². The molecule has 3 aromatic rings. The highest BCUT2D eigenvalue weighted by Crippen LogP contribution is 2.31. The first-order valence-electron chi connectivity index (χ1n) is 10.0. The van der Waals surface area contributed by atoms with E-state index in [0.29, 0.717) is 23.5 Å². The molecular weight excluding hydrogens is 382 g/mol. The number of anilines is 1. The van der Waals surface area contributed by atoms with Gasteiger partial charge in [0.15, 0.2) is 0 Å². The van der Waals surface area contributed by atoms with Crippen LogP contribution in [-0.4, -0.2) is 27.9 Å². The summed E-state index contributed by atoms with van der Waals surface area (Å²) >= 11 is 1.33. The molecule has 2 unspecified atom stereocenters. The van der Waals surface area contributed by atoms with Crippen LogP contribution < -0.4 is 4.90 Å². The fourth-order valence-electron chi connectivity index (χ4n) is 3.71. The van der Waals surface area contributed by atoms with E-state index >= 15 is 0 Å². The summed E-state index contributed by atoms with van der Waals surface area (Å²) in [5.41, 5.74) is 3.51. The number of hydrogen-bond donors (Lipinski definition) is 0. The van der Waals surface area contributed by atoms with Gasteiger partial charge in [0.05, 0.1) is 5.25 Å². The lowest BCUT2D eigenvalue weighted by Crippen LogP contribution is -2.40. The van der Waals surface area contributed by atoms with Gasteiger partial charge in [-0.3, -0.25) is 4.79 Å². The summed E-state index contributed by atoms with van der Waals surface area (Å²) < 4.78 is 5.82. The third-order valence-corrected chi connectivity index (χ3v) is 6.22. The van der Waals surface area contributed by atoms with E-state index in [0.717, 1.165) is 25.1 Å². The molecule has 1 amide bonds. The Balaban J connectivity index is 1.39. The molecule has 0 saturated carbocycles. The smallest absolute Gasteiger partial charge is 0.277 e. The average molecular weight is 408 g/mol. The van der Waals surface area contributed by atoms with E-state index in [1.807, 2.05) is 48.2 Å². The maximum Gasteiger partial charge on any atom is 0.277 e. The Hall–Kier alpha value is -2.60. The Morgan fingerprint density at radius 1 is 1.10 bits per heavy atom. The molecule has 0 fully saturated rings. The number of hydrogen-bond acceptors (Lipinski definition) is 5. The van der Waals surface area contributed by atoms with Crippen LogP contribution in [0.2, 0.25) is 0 Å². The van der Waals surface area contributed by atoms with Crippen LogP contribution in [0.4, 0.5) is 5.69 Å². The Labute approximate surface area is 175 Å². The number of aryl methyl sites for hydroxylation is 1. The Bertz CT molecular complexity index is 973. The highest BCUT2D eigenvalue weighted by atomic mass is 32.2. The number of para-hydroxylation sites is 1. The minimum Gasteiger partial charge on any atom is -0.416 e. The van der Waals surface area contributed by atoms with Crippen molar-refractivity contribution in [1.82, 2.24) is 10.2 Å². The van der Waals surface area contributed by atoms with Crippen LogP contribution in [0, 0.1) is 0 Å². The zero-order valence-electron chi connectivity index (χ0n) is 16.7. The third-order valence-electron chi connectivity index (χ3n) is 5.30. The van der Waals surface area contributed by atoms with Crippen molar-refractivity contribution in [2.75, 3.05) is 11.4 Å². The number of rotatable bonds is 6. The summed E-state index contributed by atoms with van der Waals surface area (Å²) in [6.07, 6.45) is 2.69. The van der Waals surface area contributed by atoms with Gasteiger partial charge in [-0.25, -0.2) is 0 Å². The van der Waals surface area contributed by atoms with Gasteiger partial charge < -0.3 is 9.32 Å². The van der Waals surface area contributed by atoms with E-state index in [-0.39, 0.29) is 11.2 Å². The summed E-state index contributed by atoms with van der Waals surface area (Å²) in [5.74, 6) is 0.977. The summed E-state index contributed by atoms with van der Waals surface area (Å²) in [4.78, 5) is 14.9. The third kappa shape index (κ3) is 4.53. The zero-order valence-corrected chi connectivity index (χ0v) is 17.6. The summed E-state index contributed by atoms with van der Waals surface area (Å²) in [6.45, 7) is 4.80. The van der Waals surface area contributed by atoms with E-state index in [9.17, 15) is 4.79 Å². The first-order chi connectivity index (χ1) is 14.1. The minimum atomic E-state index is -0.291.